The first kappa shape index (κ1) is 10.1. The molecule has 0 saturated carbocycles. The molecule has 0 fully saturated rings. The topological polar surface area (TPSA) is 9.23 Å². The van der Waals surface area contributed by atoms with Crippen LogP contribution in [-0.4, -0.2) is 8.32 Å². The molecule has 0 spiro atoms. The van der Waals surface area contributed by atoms with Gasteiger partial charge in [-0.3, -0.25) is 0 Å². The van der Waals surface area contributed by atoms with Crippen molar-refractivity contribution in [2.75, 3.05) is 0 Å². The van der Waals surface area contributed by atoms with E-state index in [-0.39, 0.29) is 0 Å². The molecule has 0 unspecified atom stereocenters. The molecule has 0 bridgehead atoms. The minimum absolute atomic E-state index is 0.946. The summed E-state index contributed by atoms with van der Waals surface area (Å²) in [5, 5.41) is 0. The van der Waals surface area contributed by atoms with Crippen molar-refractivity contribution in [3.8, 4) is 5.75 Å². The molecule has 0 aliphatic rings. The molecule has 0 amide bonds. The first-order valence-electron chi connectivity index (χ1n) is 4.43. The number of benzene rings is 1. The van der Waals surface area contributed by atoms with Gasteiger partial charge in [-0.2, -0.15) is 0 Å². The number of aryl methyl sites for hydroxylation is 1. The first-order chi connectivity index (χ1) is 6.03. The molecule has 0 aliphatic heterocycles. The summed E-state index contributed by atoms with van der Waals surface area (Å²) in [4.78, 5) is 0. The molecule has 0 atom stereocenters. The molecule has 70 valence electrons. The van der Waals surface area contributed by atoms with Gasteiger partial charge >= 0.3 is 0 Å². The van der Waals surface area contributed by atoms with E-state index in [4.69, 9.17) is 4.43 Å². The van der Waals surface area contributed by atoms with Gasteiger partial charge in [0.25, 0.3) is 8.32 Å². The lowest BCUT2D eigenvalue weighted by molar-refractivity contribution is 0.563. The molecule has 1 rings (SSSR count). The molecule has 0 radical (unpaired) electrons. The zero-order valence-corrected chi connectivity index (χ0v) is 9.50. The zero-order chi connectivity index (χ0) is 9.90. The highest BCUT2D eigenvalue weighted by atomic mass is 28.4. The van der Waals surface area contributed by atoms with Crippen molar-refractivity contribution in [2.24, 2.45) is 0 Å². The van der Waals surface area contributed by atoms with E-state index >= 15 is 0 Å². The lowest BCUT2D eigenvalue weighted by Gasteiger charge is -2.19. The van der Waals surface area contributed by atoms with Crippen molar-refractivity contribution in [3.63, 3.8) is 0 Å². The van der Waals surface area contributed by atoms with E-state index in [1.165, 1.54) is 5.56 Å². The van der Waals surface area contributed by atoms with Gasteiger partial charge in [-0.25, -0.2) is 0 Å². The standard InChI is InChI=1S/C11H16OSi/c1-5-13(3,4)12-11-8-6-10(2)7-9-11/h5-9H,1H2,2-4H3. The van der Waals surface area contributed by atoms with Gasteiger partial charge in [-0.05, 0) is 32.2 Å². The molecule has 0 aliphatic carbocycles. The number of hydrogen-bond acceptors (Lipinski definition) is 1. The summed E-state index contributed by atoms with van der Waals surface area (Å²) in [6.07, 6.45) is 0. The van der Waals surface area contributed by atoms with Crippen LogP contribution in [0.25, 0.3) is 0 Å². The Morgan fingerprint density at radius 3 is 2.23 bits per heavy atom. The third-order valence-electron chi connectivity index (χ3n) is 1.89. The number of rotatable bonds is 3. The molecule has 1 aromatic carbocycles. The maximum absolute atomic E-state index is 5.83. The summed E-state index contributed by atoms with van der Waals surface area (Å²) < 4.78 is 5.83. The van der Waals surface area contributed by atoms with Crippen molar-refractivity contribution >= 4 is 8.32 Å². The van der Waals surface area contributed by atoms with E-state index in [0.29, 0.717) is 0 Å². The van der Waals surface area contributed by atoms with Gasteiger partial charge in [-0.15, -0.1) is 6.58 Å². The average molecular weight is 192 g/mol. The van der Waals surface area contributed by atoms with Gasteiger partial charge in [0.05, 0.1) is 0 Å². The second-order valence-corrected chi connectivity index (χ2v) is 7.54. The van der Waals surface area contributed by atoms with Crippen molar-refractivity contribution < 1.29 is 4.43 Å². The Morgan fingerprint density at radius 1 is 1.23 bits per heavy atom. The summed E-state index contributed by atoms with van der Waals surface area (Å²) in [6.45, 7) is 10.1. The third kappa shape index (κ3) is 3.07. The maximum Gasteiger partial charge on any atom is 0.269 e. The molecule has 0 heterocycles. The van der Waals surface area contributed by atoms with Gasteiger partial charge in [0.2, 0.25) is 0 Å². The molecule has 2 heteroatoms. The van der Waals surface area contributed by atoms with Crippen LogP contribution in [0.15, 0.2) is 36.5 Å². The molecule has 1 nitrogen and oxygen atoms in total. The Morgan fingerprint density at radius 2 is 1.77 bits per heavy atom. The van der Waals surface area contributed by atoms with E-state index < -0.39 is 8.32 Å². The predicted octanol–water partition coefficient (Wildman–Crippen LogP) is 3.30. The Bertz CT molecular complexity index is 287. The SMILES string of the molecule is C=C[Si](C)(C)Oc1ccc(C)cc1. The quantitative estimate of drug-likeness (QED) is 0.668. The van der Waals surface area contributed by atoms with Crippen molar-refractivity contribution in [3.05, 3.63) is 42.1 Å². The Labute approximate surface area is 81.2 Å². The minimum atomic E-state index is -1.67. The third-order valence-corrected chi connectivity index (χ3v) is 3.64. The molecule has 0 aromatic heterocycles. The summed E-state index contributed by atoms with van der Waals surface area (Å²) in [6, 6.07) is 8.13. The Balaban J connectivity index is 2.75. The monoisotopic (exact) mass is 192 g/mol. The van der Waals surface area contributed by atoms with Crippen LogP contribution in [0.1, 0.15) is 5.56 Å². The molecule has 13 heavy (non-hydrogen) atoms. The molecular weight excluding hydrogens is 176 g/mol. The largest absolute Gasteiger partial charge is 0.540 e. The van der Waals surface area contributed by atoms with Gasteiger partial charge in [0.15, 0.2) is 0 Å². The predicted molar refractivity (Wildman–Crippen MR) is 59.5 cm³/mol. The normalized spacial score (nSPS) is 11.0. The van der Waals surface area contributed by atoms with Crippen LogP contribution < -0.4 is 4.43 Å². The first-order valence-corrected chi connectivity index (χ1v) is 7.41. The highest BCUT2D eigenvalue weighted by Crippen LogP contribution is 2.16. The lowest BCUT2D eigenvalue weighted by atomic mass is 10.2. The minimum Gasteiger partial charge on any atom is -0.540 e. The number of hydrogen-bond donors (Lipinski definition) is 0. The summed E-state index contributed by atoms with van der Waals surface area (Å²) in [7, 11) is -1.67. The van der Waals surface area contributed by atoms with E-state index in [1.807, 2.05) is 17.8 Å². The lowest BCUT2D eigenvalue weighted by Crippen LogP contribution is -2.31. The second kappa shape index (κ2) is 3.79. The van der Waals surface area contributed by atoms with E-state index in [1.54, 1.807) is 0 Å². The smallest absolute Gasteiger partial charge is 0.269 e. The van der Waals surface area contributed by atoms with Crippen LogP contribution in [0.4, 0.5) is 0 Å². The average Bonchev–Trinajstić information content (AvgIpc) is 2.09. The molecule has 1 aromatic rings. The van der Waals surface area contributed by atoms with Gasteiger partial charge < -0.3 is 4.43 Å². The van der Waals surface area contributed by atoms with Crippen LogP contribution in [-0.2, 0) is 0 Å². The molecule has 0 N–H and O–H groups in total. The van der Waals surface area contributed by atoms with Crippen molar-refractivity contribution in [1.82, 2.24) is 0 Å². The van der Waals surface area contributed by atoms with E-state index in [0.717, 1.165) is 5.75 Å². The molecular formula is C11H16OSi. The zero-order valence-electron chi connectivity index (χ0n) is 8.50. The summed E-state index contributed by atoms with van der Waals surface area (Å²) in [5.41, 5.74) is 3.19. The summed E-state index contributed by atoms with van der Waals surface area (Å²) in [5.74, 6) is 0.946. The van der Waals surface area contributed by atoms with Gasteiger partial charge in [0, 0.05) is 0 Å². The second-order valence-electron chi connectivity index (χ2n) is 3.72. The van der Waals surface area contributed by atoms with E-state index in [2.05, 4.69) is 38.7 Å². The van der Waals surface area contributed by atoms with Crippen LogP contribution in [0.5, 0.6) is 5.75 Å². The Hall–Kier alpha value is -1.02. The highest BCUT2D eigenvalue weighted by Gasteiger charge is 2.18. The van der Waals surface area contributed by atoms with Crippen molar-refractivity contribution in [1.29, 1.82) is 0 Å². The van der Waals surface area contributed by atoms with Crippen LogP contribution >= 0.6 is 0 Å². The maximum atomic E-state index is 5.83. The van der Waals surface area contributed by atoms with Crippen LogP contribution in [0, 0.1) is 6.92 Å². The molecule has 0 saturated heterocycles. The fourth-order valence-corrected chi connectivity index (χ4v) is 1.78. The van der Waals surface area contributed by atoms with Crippen LogP contribution in [0.2, 0.25) is 13.1 Å². The van der Waals surface area contributed by atoms with Crippen LogP contribution in [0.3, 0.4) is 0 Å². The van der Waals surface area contributed by atoms with Gasteiger partial charge in [-0.1, -0.05) is 23.4 Å². The summed E-state index contributed by atoms with van der Waals surface area (Å²) >= 11 is 0. The Kier molecular flexibility index (Phi) is 2.93. The van der Waals surface area contributed by atoms with Crippen molar-refractivity contribution in [2.45, 2.75) is 20.0 Å². The highest BCUT2D eigenvalue weighted by molar-refractivity contribution is 6.76. The van der Waals surface area contributed by atoms with Gasteiger partial charge in [0.1, 0.15) is 5.75 Å². The fourth-order valence-electron chi connectivity index (χ4n) is 0.952. The fraction of sp³-hybridized carbons (Fsp3) is 0.273. The van der Waals surface area contributed by atoms with E-state index in [9.17, 15) is 0 Å².